The largest absolute Gasteiger partial charge is 0.416 e. The molecule has 0 aromatic heterocycles. The van der Waals surface area contributed by atoms with Crippen molar-refractivity contribution in [2.45, 2.75) is 26.1 Å². The Morgan fingerprint density at radius 2 is 1.95 bits per heavy atom. The molecule has 0 bridgehead atoms. The van der Waals surface area contributed by atoms with Gasteiger partial charge in [-0.15, -0.1) is 0 Å². The Labute approximate surface area is 113 Å². The highest BCUT2D eigenvalue weighted by Gasteiger charge is 2.31. The fraction of sp³-hybridized carbons (Fsp3) is 0.417. The number of rotatable bonds is 3. The number of hydrogen-bond acceptors (Lipinski definition) is 2. The van der Waals surface area contributed by atoms with E-state index >= 15 is 0 Å². The van der Waals surface area contributed by atoms with Crippen LogP contribution in [0.15, 0.2) is 18.2 Å². The van der Waals surface area contributed by atoms with Crippen LogP contribution in [0.3, 0.4) is 0 Å². The van der Waals surface area contributed by atoms with E-state index in [0.29, 0.717) is 0 Å². The van der Waals surface area contributed by atoms with E-state index in [1.807, 2.05) is 0 Å². The maximum Gasteiger partial charge on any atom is 0.416 e. The Kier molecular flexibility index (Phi) is 4.81. The van der Waals surface area contributed by atoms with Crippen molar-refractivity contribution < 1.29 is 18.0 Å². The third kappa shape index (κ3) is 4.11. The first kappa shape index (κ1) is 15.8. The molecule has 3 N–H and O–H groups in total. The van der Waals surface area contributed by atoms with Gasteiger partial charge in [0.25, 0.3) is 0 Å². The standard InChI is InChI=1S/C12H14ClF3N2O/c1-6(2)10(17)11(19)18-9-4-3-7(5-8(9)13)12(14,15)16/h3-6,10H,17H2,1-2H3,(H,18,19)/t10-/m0/s1. The molecule has 3 nitrogen and oxygen atoms in total. The maximum absolute atomic E-state index is 12.4. The fourth-order valence-electron chi connectivity index (χ4n) is 1.31. The van der Waals surface area contributed by atoms with Crippen molar-refractivity contribution in [1.29, 1.82) is 0 Å². The molecule has 106 valence electrons. The number of nitrogens with two attached hydrogens (primary N) is 1. The molecule has 1 atom stereocenters. The van der Waals surface area contributed by atoms with Crippen LogP contribution in [0.2, 0.25) is 5.02 Å². The van der Waals surface area contributed by atoms with E-state index in [9.17, 15) is 18.0 Å². The van der Waals surface area contributed by atoms with Gasteiger partial charge < -0.3 is 11.1 Å². The lowest BCUT2D eigenvalue weighted by Gasteiger charge is -2.16. The van der Waals surface area contributed by atoms with Crippen LogP contribution in [0.4, 0.5) is 18.9 Å². The molecule has 1 amide bonds. The number of carbonyl (C=O) groups is 1. The molecule has 0 fully saturated rings. The summed E-state index contributed by atoms with van der Waals surface area (Å²) in [5, 5.41) is 2.23. The van der Waals surface area contributed by atoms with Gasteiger partial charge in [0.15, 0.2) is 0 Å². The zero-order valence-corrected chi connectivity index (χ0v) is 11.1. The number of halogens is 4. The van der Waals surface area contributed by atoms with Crippen LogP contribution < -0.4 is 11.1 Å². The second kappa shape index (κ2) is 5.79. The predicted octanol–water partition coefficient (Wildman–Crippen LogP) is 3.28. The molecule has 0 unspecified atom stereocenters. The normalized spacial score (nSPS) is 13.5. The summed E-state index contributed by atoms with van der Waals surface area (Å²) in [6, 6.07) is 1.97. The second-order valence-corrected chi connectivity index (χ2v) is 4.86. The Bertz CT molecular complexity index is 475. The van der Waals surface area contributed by atoms with Crippen LogP contribution in [-0.4, -0.2) is 11.9 Å². The summed E-state index contributed by atoms with van der Waals surface area (Å²) < 4.78 is 37.3. The van der Waals surface area contributed by atoms with Gasteiger partial charge in [-0.1, -0.05) is 25.4 Å². The van der Waals surface area contributed by atoms with Gasteiger partial charge in [0.05, 0.1) is 22.3 Å². The van der Waals surface area contributed by atoms with Crippen LogP contribution in [0.25, 0.3) is 0 Å². The van der Waals surface area contributed by atoms with E-state index < -0.39 is 23.7 Å². The number of nitrogens with one attached hydrogen (secondary N) is 1. The predicted molar refractivity (Wildman–Crippen MR) is 67.9 cm³/mol. The molecule has 0 saturated heterocycles. The molecular formula is C12H14ClF3N2O. The smallest absolute Gasteiger partial charge is 0.323 e. The minimum absolute atomic E-state index is 0.0896. The van der Waals surface area contributed by atoms with Crippen molar-refractivity contribution in [3.05, 3.63) is 28.8 Å². The van der Waals surface area contributed by atoms with E-state index in [0.717, 1.165) is 18.2 Å². The molecule has 0 spiro atoms. The van der Waals surface area contributed by atoms with Crippen molar-refractivity contribution in [3.63, 3.8) is 0 Å². The van der Waals surface area contributed by atoms with Gasteiger partial charge in [0.2, 0.25) is 5.91 Å². The van der Waals surface area contributed by atoms with Crippen molar-refractivity contribution in [2.75, 3.05) is 5.32 Å². The molecule has 0 radical (unpaired) electrons. The van der Waals surface area contributed by atoms with Crippen molar-refractivity contribution in [2.24, 2.45) is 11.7 Å². The van der Waals surface area contributed by atoms with E-state index in [1.54, 1.807) is 13.8 Å². The van der Waals surface area contributed by atoms with Gasteiger partial charge in [-0.2, -0.15) is 13.2 Å². The highest BCUT2D eigenvalue weighted by molar-refractivity contribution is 6.33. The molecule has 19 heavy (non-hydrogen) atoms. The number of amides is 1. The van der Waals surface area contributed by atoms with Crippen LogP contribution in [-0.2, 0) is 11.0 Å². The summed E-state index contributed by atoms with van der Waals surface area (Å²) >= 11 is 5.71. The van der Waals surface area contributed by atoms with Crippen LogP contribution in [0, 0.1) is 5.92 Å². The molecule has 0 saturated carbocycles. The van der Waals surface area contributed by atoms with Crippen LogP contribution >= 0.6 is 11.6 Å². The van der Waals surface area contributed by atoms with Gasteiger partial charge in [0.1, 0.15) is 0 Å². The number of benzene rings is 1. The number of carbonyl (C=O) groups excluding carboxylic acids is 1. The molecule has 0 aliphatic rings. The summed E-state index contributed by atoms with van der Waals surface area (Å²) in [5.41, 5.74) is 4.86. The molecule has 0 aliphatic heterocycles. The van der Waals surface area contributed by atoms with Gasteiger partial charge >= 0.3 is 6.18 Å². The maximum atomic E-state index is 12.4. The number of alkyl halides is 3. The summed E-state index contributed by atoms with van der Waals surface area (Å²) in [6.45, 7) is 3.53. The zero-order valence-electron chi connectivity index (χ0n) is 10.4. The van der Waals surface area contributed by atoms with E-state index in [4.69, 9.17) is 17.3 Å². The molecular weight excluding hydrogens is 281 g/mol. The first-order valence-corrected chi connectivity index (χ1v) is 5.94. The average Bonchev–Trinajstić information content (AvgIpc) is 2.29. The van der Waals surface area contributed by atoms with Crippen LogP contribution in [0.1, 0.15) is 19.4 Å². The highest BCUT2D eigenvalue weighted by Crippen LogP contribution is 2.33. The summed E-state index contributed by atoms with van der Waals surface area (Å²) in [6.07, 6.45) is -4.47. The monoisotopic (exact) mass is 294 g/mol. The number of anilines is 1. The fourth-order valence-corrected chi connectivity index (χ4v) is 1.54. The topological polar surface area (TPSA) is 55.1 Å². The molecule has 1 rings (SSSR count). The van der Waals surface area contributed by atoms with Gasteiger partial charge in [-0.3, -0.25) is 4.79 Å². The lowest BCUT2D eigenvalue weighted by Crippen LogP contribution is -2.39. The van der Waals surface area contributed by atoms with E-state index in [-0.39, 0.29) is 16.6 Å². The molecule has 1 aromatic carbocycles. The lowest BCUT2D eigenvalue weighted by atomic mass is 10.0. The zero-order chi connectivity index (χ0) is 14.8. The third-order valence-electron chi connectivity index (χ3n) is 2.58. The van der Waals surface area contributed by atoms with Crippen molar-refractivity contribution in [3.8, 4) is 0 Å². The van der Waals surface area contributed by atoms with Gasteiger partial charge in [0, 0.05) is 0 Å². The van der Waals surface area contributed by atoms with Crippen LogP contribution in [0.5, 0.6) is 0 Å². The second-order valence-electron chi connectivity index (χ2n) is 4.45. The first-order chi connectivity index (χ1) is 8.62. The minimum atomic E-state index is -4.47. The summed E-state index contributed by atoms with van der Waals surface area (Å²) in [4.78, 5) is 11.7. The molecule has 1 aromatic rings. The Morgan fingerprint density at radius 1 is 1.37 bits per heavy atom. The lowest BCUT2D eigenvalue weighted by molar-refractivity contribution is -0.137. The Morgan fingerprint density at radius 3 is 2.37 bits per heavy atom. The quantitative estimate of drug-likeness (QED) is 0.899. The minimum Gasteiger partial charge on any atom is -0.323 e. The molecule has 7 heteroatoms. The van der Waals surface area contributed by atoms with Gasteiger partial charge in [-0.25, -0.2) is 0 Å². The van der Waals surface area contributed by atoms with Crippen molar-refractivity contribution in [1.82, 2.24) is 0 Å². The van der Waals surface area contributed by atoms with Gasteiger partial charge in [-0.05, 0) is 24.1 Å². The van der Waals surface area contributed by atoms with Crippen molar-refractivity contribution >= 4 is 23.2 Å². The van der Waals surface area contributed by atoms with E-state index in [2.05, 4.69) is 5.32 Å². The highest BCUT2D eigenvalue weighted by atomic mass is 35.5. The first-order valence-electron chi connectivity index (χ1n) is 5.56. The SMILES string of the molecule is CC(C)[C@H](N)C(=O)Nc1ccc(C(F)(F)F)cc1Cl. The molecule has 0 heterocycles. The summed E-state index contributed by atoms with van der Waals surface area (Å²) in [5.74, 6) is -0.579. The number of hydrogen-bond donors (Lipinski definition) is 2. The Balaban J connectivity index is 2.90. The third-order valence-corrected chi connectivity index (χ3v) is 2.89. The Hall–Kier alpha value is -1.27. The summed E-state index contributed by atoms with van der Waals surface area (Å²) in [7, 11) is 0. The average molecular weight is 295 g/mol. The van der Waals surface area contributed by atoms with E-state index in [1.165, 1.54) is 0 Å². The molecule has 0 aliphatic carbocycles.